The number of hydrogen-bond acceptors (Lipinski definition) is 4. The summed E-state index contributed by atoms with van der Waals surface area (Å²) in [5.74, 6) is 1.15. The number of nitriles is 1. The van der Waals surface area contributed by atoms with Crippen molar-refractivity contribution in [1.29, 1.82) is 5.26 Å². The van der Waals surface area contributed by atoms with Gasteiger partial charge in [-0.1, -0.05) is 18.2 Å². The molecule has 0 fully saturated rings. The average molecular weight is 268 g/mol. The van der Waals surface area contributed by atoms with Crippen LogP contribution in [0.1, 0.15) is 30.7 Å². The lowest BCUT2D eigenvalue weighted by atomic mass is 9.74. The van der Waals surface area contributed by atoms with E-state index in [1.54, 1.807) is 12.1 Å². The fourth-order valence-electron chi connectivity index (χ4n) is 3.08. The number of fused-ring (bicyclic) bond motifs is 1. The van der Waals surface area contributed by atoms with Crippen molar-refractivity contribution in [2.24, 2.45) is 11.7 Å². The molecule has 0 aromatic heterocycles. The summed E-state index contributed by atoms with van der Waals surface area (Å²) in [6.45, 7) is 0. The molecule has 0 saturated heterocycles. The molecule has 0 saturated carbocycles. The number of nitrogens with two attached hydrogens (primary N) is 1. The van der Waals surface area contributed by atoms with Crippen LogP contribution in [0.3, 0.4) is 0 Å². The largest absolute Gasteiger partial charge is 0.508 e. The highest BCUT2D eigenvalue weighted by atomic mass is 16.5. The molecular weight excluding hydrogens is 252 g/mol. The molecule has 1 aromatic rings. The highest BCUT2D eigenvalue weighted by Gasteiger charge is 2.35. The van der Waals surface area contributed by atoms with Gasteiger partial charge in [0.1, 0.15) is 17.6 Å². The monoisotopic (exact) mass is 268 g/mol. The van der Waals surface area contributed by atoms with E-state index in [9.17, 15) is 10.4 Å². The minimum Gasteiger partial charge on any atom is -0.508 e. The summed E-state index contributed by atoms with van der Waals surface area (Å²) >= 11 is 0. The number of rotatable bonds is 1. The first kappa shape index (κ1) is 12.6. The number of allylic oxidation sites excluding steroid dienone is 3. The maximum absolute atomic E-state index is 9.58. The van der Waals surface area contributed by atoms with Gasteiger partial charge < -0.3 is 15.6 Å². The predicted octanol–water partition coefficient (Wildman–Crippen LogP) is 2.92. The molecule has 102 valence electrons. The third kappa shape index (κ3) is 2.01. The van der Waals surface area contributed by atoms with Gasteiger partial charge in [0.05, 0.1) is 5.57 Å². The normalized spacial score (nSPS) is 24.8. The molecule has 20 heavy (non-hydrogen) atoms. The number of ether oxygens (including phenoxy) is 1. The molecule has 0 unspecified atom stereocenters. The Hall–Kier alpha value is -2.41. The summed E-state index contributed by atoms with van der Waals surface area (Å²) < 4.78 is 5.49. The van der Waals surface area contributed by atoms with Gasteiger partial charge in [-0.25, -0.2) is 0 Å². The second-order valence-electron chi connectivity index (χ2n) is 5.24. The van der Waals surface area contributed by atoms with Crippen molar-refractivity contribution in [1.82, 2.24) is 0 Å². The summed E-state index contributed by atoms with van der Waals surface area (Å²) in [5, 5.41) is 19.0. The van der Waals surface area contributed by atoms with E-state index >= 15 is 0 Å². The first-order valence-corrected chi connectivity index (χ1v) is 6.76. The molecule has 2 atom stereocenters. The maximum Gasteiger partial charge on any atom is 0.205 e. The molecule has 0 bridgehead atoms. The Morgan fingerprint density at radius 3 is 2.90 bits per heavy atom. The van der Waals surface area contributed by atoms with E-state index in [0.717, 1.165) is 24.8 Å². The van der Waals surface area contributed by atoms with Crippen LogP contribution in [0.4, 0.5) is 0 Å². The lowest BCUT2D eigenvalue weighted by Crippen LogP contribution is -2.25. The third-order valence-corrected chi connectivity index (χ3v) is 4.03. The lowest BCUT2D eigenvalue weighted by molar-refractivity contribution is 0.345. The van der Waals surface area contributed by atoms with Crippen molar-refractivity contribution >= 4 is 0 Å². The number of aromatic hydroxyl groups is 1. The van der Waals surface area contributed by atoms with Gasteiger partial charge in [-0.05, 0) is 31.2 Å². The molecule has 4 heteroatoms. The molecule has 3 N–H and O–H groups in total. The van der Waals surface area contributed by atoms with Crippen molar-refractivity contribution in [2.45, 2.75) is 25.2 Å². The van der Waals surface area contributed by atoms with Gasteiger partial charge >= 0.3 is 0 Å². The number of hydrogen-bond donors (Lipinski definition) is 2. The van der Waals surface area contributed by atoms with E-state index in [-0.39, 0.29) is 17.6 Å². The first-order valence-electron chi connectivity index (χ1n) is 6.76. The van der Waals surface area contributed by atoms with Crippen LogP contribution in [0.5, 0.6) is 11.5 Å². The highest BCUT2D eigenvalue weighted by Crippen LogP contribution is 2.46. The number of nitrogens with zero attached hydrogens (tertiary/aromatic N) is 1. The van der Waals surface area contributed by atoms with Gasteiger partial charge in [-0.3, -0.25) is 0 Å². The maximum atomic E-state index is 9.58. The summed E-state index contributed by atoms with van der Waals surface area (Å²) in [5.41, 5.74) is 7.33. The molecule has 1 aromatic carbocycles. The zero-order valence-electron chi connectivity index (χ0n) is 11.0. The van der Waals surface area contributed by atoms with Gasteiger partial charge in [0.25, 0.3) is 0 Å². The van der Waals surface area contributed by atoms with Gasteiger partial charge in [-0.15, -0.1) is 0 Å². The van der Waals surface area contributed by atoms with E-state index in [4.69, 9.17) is 10.5 Å². The molecule has 0 spiro atoms. The molecule has 2 aliphatic rings. The van der Waals surface area contributed by atoms with Crippen LogP contribution >= 0.6 is 0 Å². The number of phenols is 1. The Kier molecular flexibility index (Phi) is 3.11. The highest BCUT2D eigenvalue weighted by molar-refractivity contribution is 5.52. The van der Waals surface area contributed by atoms with Gasteiger partial charge in [0, 0.05) is 17.5 Å². The number of benzene rings is 1. The molecule has 3 rings (SSSR count). The molecule has 4 nitrogen and oxygen atoms in total. The Morgan fingerprint density at radius 1 is 1.35 bits per heavy atom. The Bertz CT molecular complexity index is 640. The predicted molar refractivity (Wildman–Crippen MR) is 74.8 cm³/mol. The smallest absolute Gasteiger partial charge is 0.205 e. The van der Waals surface area contributed by atoms with E-state index in [2.05, 4.69) is 18.2 Å². The Labute approximate surface area is 117 Å². The van der Waals surface area contributed by atoms with Crippen molar-refractivity contribution < 1.29 is 9.84 Å². The summed E-state index contributed by atoms with van der Waals surface area (Å²) in [6, 6.07) is 7.22. The topological polar surface area (TPSA) is 79.3 Å². The Morgan fingerprint density at radius 2 is 2.20 bits per heavy atom. The van der Waals surface area contributed by atoms with Crippen LogP contribution < -0.4 is 10.5 Å². The van der Waals surface area contributed by atoms with E-state index in [1.807, 2.05) is 6.07 Å². The fourth-order valence-corrected chi connectivity index (χ4v) is 3.08. The lowest BCUT2D eigenvalue weighted by Gasteiger charge is -2.32. The SMILES string of the molecule is N#CC1=C(N)Oc2cc(O)ccc2[C@H]1[C@H]1CC=CCC1. The minimum atomic E-state index is -0.0469. The minimum absolute atomic E-state index is 0.0469. The average Bonchev–Trinajstić information content (AvgIpc) is 2.46. The van der Waals surface area contributed by atoms with Crippen molar-refractivity contribution in [3.05, 3.63) is 47.4 Å². The van der Waals surface area contributed by atoms with Gasteiger partial charge in [-0.2, -0.15) is 5.26 Å². The van der Waals surface area contributed by atoms with Crippen LogP contribution in [0.25, 0.3) is 0 Å². The molecular formula is C16H16N2O2. The zero-order valence-corrected chi connectivity index (χ0v) is 11.0. The van der Waals surface area contributed by atoms with Gasteiger partial charge in [0.15, 0.2) is 0 Å². The number of phenolic OH excluding ortho intramolecular Hbond substituents is 1. The van der Waals surface area contributed by atoms with Crippen molar-refractivity contribution in [2.75, 3.05) is 0 Å². The molecule has 1 aliphatic heterocycles. The standard InChI is InChI=1S/C16H16N2O2/c17-9-13-15(10-4-2-1-3-5-10)12-7-6-11(19)8-14(12)20-16(13)18/h1-2,6-8,10,15,19H,3-5,18H2/t10-,15+/m0/s1. The van der Waals surface area contributed by atoms with Crippen LogP contribution in [0.2, 0.25) is 0 Å². The first-order chi connectivity index (χ1) is 9.70. The fraction of sp³-hybridized carbons (Fsp3) is 0.312. The van der Waals surface area contributed by atoms with Crippen LogP contribution in [0, 0.1) is 17.2 Å². The molecule has 1 heterocycles. The van der Waals surface area contributed by atoms with Gasteiger partial charge in [0.2, 0.25) is 5.88 Å². The zero-order chi connectivity index (χ0) is 14.1. The molecule has 0 amide bonds. The van der Waals surface area contributed by atoms with E-state index < -0.39 is 0 Å². The van der Waals surface area contributed by atoms with Crippen molar-refractivity contribution in [3.63, 3.8) is 0 Å². The molecule has 0 radical (unpaired) electrons. The Balaban J connectivity index is 2.09. The van der Waals surface area contributed by atoms with Crippen LogP contribution in [-0.2, 0) is 0 Å². The second kappa shape index (κ2) is 4.93. The second-order valence-corrected chi connectivity index (χ2v) is 5.24. The summed E-state index contributed by atoms with van der Waals surface area (Å²) in [6.07, 6.45) is 7.32. The quantitative estimate of drug-likeness (QED) is 0.767. The molecule has 1 aliphatic carbocycles. The van der Waals surface area contributed by atoms with Crippen molar-refractivity contribution in [3.8, 4) is 17.6 Å². The van der Waals surface area contributed by atoms with E-state index in [0.29, 0.717) is 17.2 Å². The third-order valence-electron chi connectivity index (χ3n) is 4.03. The summed E-state index contributed by atoms with van der Waals surface area (Å²) in [4.78, 5) is 0. The van der Waals surface area contributed by atoms with Crippen LogP contribution in [0.15, 0.2) is 41.8 Å². The summed E-state index contributed by atoms with van der Waals surface area (Å²) in [7, 11) is 0. The van der Waals surface area contributed by atoms with E-state index in [1.165, 1.54) is 0 Å². The van der Waals surface area contributed by atoms with Crippen LogP contribution in [-0.4, -0.2) is 5.11 Å².